The van der Waals surface area contributed by atoms with Crippen molar-refractivity contribution in [2.24, 2.45) is 11.7 Å². The molecule has 0 saturated carbocycles. The van der Waals surface area contributed by atoms with E-state index in [1.54, 1.807) is 12.1 Å². The Labute approximate surface area is 99.0 Å². The summed E-state index contributed by atoms with van der Waals surface area (Å²) in [6.45, 7) is 0.213. The standard InChI is InChI=1S/C11H14ClNO3/c1-16-11(15)8(6-13)4-7-2-3-10(14)9(12)5-7/h2-3,5,8,14H,4,6,13H2,1H3. The number of aromatic hydroxyl groups is 1. The van der Waals surface area contributed by atoms with Crippen LogP contribution in [-0.4, -0.2) is 24.7 Å². The Morgan fingerprint density at radius 1 is 1.62 bits per heavy atom. The van der Waals surface area contributed by atoms with Crippen molar-refractivity contribution in [1.82, 2.24) is 0 Å². The molecule has 1 unspecified atom stereocenters. The Balaban J connectivity index is 2.78. The molecule has 16 heavy (non-hydrogen) atoms. The third-order valence-corrected chi connectivity index (χ3v) is 2.62. The minimum atomic E-state index is -0.384. The van der Waals surface area contributed by atoms with Crippen molar-refractivity contribution in [3.05, 3.63) is 28.8 Å². The SMILES string of the molecule is COC(=O)C(CN)Cc1ccc(O)c(Cl)c1. The van der Waals surface area contributed by atoms with Gasteiger partial charge < -0.3 is 15.6 Å². The van der Waals surface area contributed by atoms with Crippen molar-refractivity contribution in [1.29, 1.82) is 0 Å². The number of benzene rings is 1. The summed E-state index contributed by atoms with van der Waals surface area (Å²) in [6.07, 6.45) is 0.448. The van der Waals surface area contributed by atoms with Crippen molar-refractivity contribution < 1.29 is 14.6 Å². The molecule has 0 aliphatic rings. The van der Waals surface area contributed by atoms with Gasteiger partial charge in [0.05, 0.1) is 18.1 Å². The summed E-state index contributed by atoms with van der Waals surface area (Å²) in [7, 11) is 1.33. The number of ether oxygens (including phenoxy) is 1. The number of carbonyl (C=O) groups excluding carboxylic acids is 1. The number of nitrogens with two attached hydrogens (primary N) is 1. The van der Waals surface area contributed by atoms with E-state index in [-0.39, 0.29) is 29.2 Å². The Kier molecular flexibility index (Phi) is 4.58. The number of hydrogen-bond acceptors (Lipinski definition) is 4. The summed E-state index contributed by atoms with van der Waals surface area (Å²) in [4.78, 5) is 11.3. The van der Waals surface area contributed by atoms with Gasteiger partial charge in [-0.2, -0.15) is 0 Å². The maximum Gasteiger partial charge on any atom is 0.310 e. The topological polar surface area (TPSA) is 72.5 Å². The summed E-state index contributed by atoms with van der Waals surface area (Å²) < 4.78 is 4.63. The van der Waals surface area contributed by atoms with E-state index < -0.39 is 0 Å². The van der Waals surface area contributed by atoms with Gasteiger partial charge in [-0.3, -0.25) is 4.79 Å². The molecular formula is C11H14ClNO3. The van der Waals surface area contributed by atoms with E-state index in [9.17, 15) is 9.90 Å². The minimum Gasteiger partial charge on any atom is -0.506 e. The summed E-state index contributed by atoms with van der Waals surface area (Å²) in [5.41, 5.74) is 6.32. The van der Waals surface area contributed by atoms with Crippen LogP contribution < -0.4 is 5.73 Å². The van der Waals surface area contributed by atoms with Crippen LogP contribution in [0, 0.1) is 5.92 Å². The molecule has 0 radical (unpaired) electrons. The van der Waals surface area contributed by atoms with Crippen LogP contribution in [0.25, 0.3) is 0 Å². The highest BCUT2D eigenvalue weighted by atomic mass is 35.5. The number of carbonyl (C=O) groups is 1. The minimum absolute atomic E-state index is 0.0211. The zero-order valence-electron chi connectivity index (χ0n) is 8.94. The maximum absolute atomic E-state index is 11.3. The van der Waals surface area contributed by atoms with Crippen LogP contribution in [0.5, 0.6) is 5.75 Å². The molecule has 0 spiro atoms. The van der Waals surface area contributed by atoms with Gasteiger partial charge in [-0.05, 0) is 24.1 Å². The second-order valence-electron chi connectivity index (χ2n) is 3.45. The summed E-state index contributed by atoms with van der Waals surface area (Å²) in [5, 5.41) is 9.50. The van der Waals surface area contributed by atoms with Crippen LogP contribution in [0.15, 0.2) is 18.2 Å². The fourth-order valence-electron chi connectivity index (χ4n) is 1.39. The maximum atomic E-state index is 11.3. The average molecular weight is 244 g/mol. The van der Waals surface area contributed by atoms with Crippen molar-refractivity contribution in [2.75, 3.05) is 13.7 Å². The highest BCUT2D eigenvalue weighted by Crippen LogP contribution is 2.24. The van der Waals surface area contributed by atoms with E-state index >= 15 is 0 Å². The quantitative estimate of drug-likeness (QED) is 0.783. The van der Waals surface area contributed by atoms with E-state index in [2.05, 4.69) is 4.74 Å². The van der Waals surface area contributed by atoms with Gasteiger partial charge in [-0.25, -0.2) is 0 Å². The molecule has 0 aromatic heterocycles. The predicted molar refractivity (Wildman–Crippen MR) is 61.4 cm³/mol. The number of halogens is 1. The molecule has 1 aromatic carbocycles. The summed E-state index contributed by atoms with van der Waals surface area (Å²) >= 11 is 5.76. The highest BCUT2D eigenvalue weighted by molar-refractivity contribution is 6.32. The Hall–Kier alpha value is -1.26. The first kappa shape index (κ1) is 12.8. The lowest BCUT2D eigenvalue weighted by atomic mass is 9.99. The molecular weight excluding hydrogens is 230 g/mol. The van der Waals surface area contributed by atoms with Gasteiger partial charge in [0, 0.05) is 6.54 Å². The zero-order valence-corrected chi connectivity index (χ0v) is 9.70. The first-order valence-electron chi connectivity index (χ1n) is 4.83. The number of esters is 1. The third-order valence-electron chi connectivity index (χ3n) is 2.31. The number of rotatable bonds is 4. The van der Waals surface area contributed by atoms with Gasteiger partial charge in [0.1, 0.15) is 5.75 Å². The number of phenols is 1. The van der Waals surface area contributed by atoms with Gasteiger partial charge >= 0.3 is 5.97 Å². The Morgan fingerprint density at radius 2 is 2.31 bits per heavy atom. The fraction of sp³-hybridized carbons (Fsp3) is 0.364. The largest absolute Gasteiger partial charge is 0.506 e. The van der Waals surface area contributed by atoms with Gasteiger partial charge in [-0.1, -0.05) is 17.7 Å². The number of methoxy groups -OCH3 is 1. The molecule has 5 heteroatoms. The van der Waals surface area contributed by atoms with Gasteiger partial charge in [0.2, 0.25) is 0 Å². The average Bonchev–Trinajstić information content (AvgIpc) is 2.29. The summed E-state index contributed by atoms with van der Waals surface area (Å²) in [5.74, 6) is -0.704. The lowest BCUT2D eigenvalue weighted by Crippen LogP contribution is -2.26. The second kappa shape index (κ2) is 5.72. The third kappa shape index (κ3) is 3.12. The van der Waals surface area contributed by atoms with Crippen molar-refractivity contribution >= 4 is 17.6 Å². The number of phenolic OH excluding ortho intramolecular Hbond substituents is 1. The molecule has 0 saturated heterocycles. The molecule has 1 aromatic rings. The van der Waals surface area contributed by atoms with Gasteiger partial charge in [-0.15, -0.1) is 0 Å². The zero-order chi connectivity index (χ0) is 12.1. The van der Waals surface area contributed by atoms with Crippen molar-refractivity contribution in [3.63, 3.8) is 0 Å². The lowest BCUT2D eigenvalue weighted by Gasteiger charge is -2.12. The fourth-order valence-corrected chi connectivity index (χ4v) is 1.59. The normalized spacial score (nSPS) is 12.2. The van der Waals surface area contributed by atoms with E-state index in [1.807, 2.05) is 0 Å². The van der Waals surface area contributed by atoms with Crippen LogP contribution >= 0.6 is 11.6 Å². The van der Waals surface area contributed by atoms with Gasteiger partial charge in [0.15, 0.2) is 0 Å². The van der Waals surface area contributed by atoms with E-state index in [0.717, 1.165) is 5.56 Å². The highest BCUT2D eigenvalue weighted by Gasteiger charge is 2.18. The number of hydrogen-bond donors (Lipinski definition) is 2. The molecule has 0 bridgehead atoms. The van der Waals surface area contributed by atoms with Crippen molar-refractivity contribution in [2.45, 2.75) is 6.42 Å². The summed E-state index contributed by atoms with van der Waals surface area (Å²) in [6, 6.07) is 4.80. The van der Waals surface area contributed by atoms with Crippen LogP contribution in [0.1, 0.15) is 5.56 Å². The molecule has 4 nitrogen and oxygen atoms in total. The van der Waals surface area contributed by atoms with Crippen LogP contribution in [0.2, 0.25) is 5.02 Å². The Bertz CT molecular complexity index is 381. The monoisotopic (exact) mass is 243 g/mol. The van der Waals surface area contributed by atoms with Crippen LogP contribution in [0.4, 0.5) is 0 Å². The predicted octanol–water partition coefficient (Wildman–Crippen LogP) is 1.34. The van der Waals surface area contributed by atoms with Crippen molar-refractivity contribution in [3.8, 4) is 5.75 Å². The smallest absolute Gasteiger partial charge is 0.310 e. The molecule has 0 aliphatic carbocycles. The Morgan fingerprint density at radius 3 is 2.81 bits per heavy atom. The molecule has 0 amide bonds. The molecule has 1 rings (SSSR count). The molecule has 0 heterocycles. The molecule has 1 atom stereocenters. The van der Waals surface area contributed by atoms with E-state index in [4.69, 9.17) is 17.3 Å². The molecule has 0 fully saturated rings. The van der Waals surface area contributed by atoms with E-state index in [1.165, 1.54) is 13.2 Å². The second-order valence-corrected chi connectivity index (χ2v) is 3.85. The molecule has 3 N–H and O–H groups in total. The van der Waals surface area contributed by atoms with E-state index in [0.29, 0.717) is 6.42 Å². The first-order chi connectivity index (χ1) is 7.58. The molecule has 88 valence electrons. The molecule has 0 aliphatic heterocycles. The lowest BCUT2D eigenvalue weighted by molar-refractivity contribution is -0.145. The van der Waals surface area contributed by atoms with Crippen LogP contribution in [0.3, 0.4) is 0 Å². The van der Waals surface area contributed by atoms with Crippen LogP contribution in [-0.2, 0) is 16.0 Å². The van der Waals surface area contributed by atoms with Gasteiger partial charge in [0.25, 0.3) is 0 Å². The first-order valence-corrected chi connectivity index (χ1v) is 5.21.